The van der Waals surface area contributed by atoms with Crippen molar-refractivity contribution < 1.29 is 13.9 Å². The van der Waals surface area contributed by atoms with Crippen LogP contribution in [0.1, 0.15) is 24.1 Å². The Bertz CT molecular complexity index is 569. The first-order valence-electron chi connectivity index (χ1n) is 6.48. The summed E-state index contributed by atoms with van der Waals surface area (Å²) in [6, 6.07) is 11.8. The van der Waals surface area contributed by atoms with Gasteiger partial charge in [0.25, 0.3) is 0 Å². The van der Waals surface area contributed by atoms with Crippen LogP contribution in [0, 0.1) is 5.82 Å². The fourth-order valence-electron chi connectivity index (χ4n) is 2.04. The van der Waals surface area contributed by atoms with E-state index >= 15 is 0 Å². The fraction of sp³-hybridized carbons (Fsp3) is 0.250. The molecular formula is C16H18FNO2. The summed E-state index contributed by atoms with van der Waals surface area (Å²) >= 11 is 0. The van der Waals surface area contributed by atoms with E-state index < -0.39 is 11.9 Å². The largest absolute Gasteiger partial charge is 0.494 e. The molecule has 0 aliphatic heterocycles. The van der Waals surface area contributed by atoms with Gasteiger partial charge in [-0.3, -0.25) is 0 Å². The Labute approximate surface area is 118 Å². The zero-order valence-corrected chi connectivity index (χ0v) is 11.6. The molecule has 0 heterocycles. The van der Waals surface area contributed by atoms with Crippen LogP contribution in [0.5, 0.6) is 11.5 Å². The molecule has 0 radical (unpaired) electrons. The fourth-order valence-corrected chi connectivity index (χ4v) is 2.04. The summed E-state index contributed by atoms with van der Waals surface area (Å²) in [5, 5.41) is 0. The molecule has 0 spiro atoms. The van der Waals surface area contributed by atoms with E-state index in [0.717, 1.165) is 11.3 Å². The summed E-state index contributed by atoms with van der Waals surface area (Å²) in [6.07, 6.45) is 0. The molecule has 2 aromatic rings. The van der Waals surface area contributed by atoms with Crippen molar-refractivity contribution in [3.8, 4) is 11.5 Å². The highest BCUT2D eigenvalue weighted by molar-refractivity contribution is 5.39. The first-order valence-corrected chi connectivity index (χ1v) is 6.48. The van der Waals surface area contributed by atoms with Gasteiger partial charge < -0.3 is 15.2 Å². The molecule has 0 bridgehead atoms. The second-order valence-corrected chi connectivity index (χ2v) is 4.34. The third-order valence-corrected chi connectivity index (χ3v) is 3.10. The number of hydrogen-bond donors (Lipinski definition) is 1. The smallest absolute Gasteiger partial charge is 0.170 e. The van der Waals surface area contributed by atoms with Gasteiger partial charge in [0.1, 0.15) is 5.75 Å². The molecule has 0 saturated carbocycles. The van der Waals surface area contributed by atoms with Gasteiger partial charge in [-0.05, 0) is 30.7 Å². The predicted molar refractivity (Wildman–Crippen MR) is 76.6 cm³/mol. The highest BCUT2D eigenvalue weighted by Gasteiger charge is 2.16. The molecule has 2 N–H and O–H groups in total. The summed E-state index contributed by atoms with van der Waals surface area (Å²) in [7, 11) is 1.44. The Morgan fingerprint density at radius 3 is 2.45 bits per heavy atom. The molecule has 0 fully saturated rings. The van der Waals surface area contributed by atoms with Crippen LogP contribution in [0.25, 0.3) is 0 Å². The van der Waals surface area contributed by atoms with Crippen LogP contribution < -0.4 is 15.2 Å². The lowest BCUT2D eigenvalue weighted by Crippen LogP contribution is -2.14. The molecule has 2 aromatic carbocycles. The van der Waals surface area contributed by atoms with E-state index in [2.05, 4.69) is 0 Å². The Balaban J connectivity index is 2.29. The Morgan fingerprint density at radius 2 is 1.85 bits per heavy atom. The van der Waals surface area contributed by atoms with E-state index in [9.17, 15) is 4.39 Å². The van der Waals surface area contributed by atoms with Gasteiger partial charge in [-0.1, -0.05) is 24.3 Å². The van der Waals surface area contributed by atoms with Crippen molar-refractivity contribution in [3.05, 3.63) is 59.4 Å². The number of methoxy groups -OCH3 is 1. The number of rotatable bonds is 5. The second-order valence-electron chi connectivity index (χ2n) is 4.34. The molecule has 0 aromatic heterocycles. The first kappa shape index (κ1) is 14.3. The maximum absolute atomic E-state index is 14.2. The normalized spacial score (nSPS) is 12.0. The van der Waals surface area contributed by atoms with Gasteiger partial charge in [-0.25, -0.2) is 4.39 Å². The minimum absolute atomic E-state index is 0.198. The highest BCUT2D eigenvalue weighted by Crippen LogP contribution is 2.28. The van der Waals surface area contributed by atoms with E-state index in [4.69, 9.17) is 15.2 Å². The molecule has 0 saturated heterocycles. The maximum Gasteiger partial charge on any atom is 0.170 e. The van der Waals surface area contributed by atoms with E-state index in [1.165, 1.54) is 7.11 Å². The molecular weight excluding hydrogens is 257 g/mol. The zero-order chi connectivity index (χ0) is 14.5. The van der Waals surface area contributed by atoms with Crippen molar-refractivity contribution in [1.29, 1.82) is 0 Å². The van der Waals surface area contributed by atoms with Crippen molar-refractivity contribution in [3.63, 3.8) is 0 Å². The van der Waals surface area contributed by atoms with Gasteiger partial charge in [0.15, 0.2) is 11.6 Å². The number of benzene rings is 2. The van der Waals surface area contributed by atoms with Crippen molar-refractivity contribution in [2.24, 2.45) is 5.73 Å². The van der Waals surface area contributed by atoms with Crippen molar-refractivity contribution in [2.75, 3.05) is 13.7 Å². The van der Waals surface area contributed by atoms with Crippen LogP contribution in [0.2, 0.25) is 0 Å². The zero-order valence-electron chi connectivity index (χ0n) is 11.6. The lowest BCUT2D eigenvalue weighted by molar-refractivity contribution is 0.340. The molecule has 0 aliphatic carbocycles. The number of halogens is 1. The molecule has 2 rings (SSSR count). The Morgan fingerprint density at radius 1 is 1.15 bits per heavy atom. The SMILES string of the molecule is CCOc1ccc(C(N)c2cccc(OC)c2F)cc1. The number of ether oxygens (including phenoxy) is 2. The summed E-state index contributed by atoms with van der Waals surface area (Å²) in [4.78, 5) is 0. The Hall–Kier alpha value is -2.07. The Kier molecular flexibility index (Phi) is 4.58. The summed E-state index contributed by atoms with van der Waals surface area (Å²) in [5.74, 6) is 0.551. The predicted octanol–water partition coefficient (Wildman–Crippen LogP) is 3.28. The topological polar surface area (TPSA) is 44.5 Å². The van der Waals surface area contributed by atoms with E-state index in [1.54, 1.807) is 18.2 Å². The summed E-state index contributed by atoms with van der Waals surface area (Å²) in [6.45, 7) is 2.53. The van der Waals surface area contributed by atoms with Gasteiger partial charge in [-0.2, -0.15) is 0 Å². The standard InChI is InChI=1S/C16H18FNO2/c1-3-20-12-9-7-11(8-10-12)16(18)13-5-4-6-14(19-2)15(13)17/h4-10,16H,3,18H2,1-2H3. The maximum atomic E-state index is 14.2. The molecule has 0 amide bonds. The van der Waals surface area contributed by atoms with Crippen LogP contribution in [0.3, 0.4) is 0 Å². The summed E-state index contributed by atoms with van der Waals surface area (Å²) < 4.78 is 24.5. The van der Waals surface area contributed by atoms with E-state index in [1.807, 2.05) is 31.2 Å². The van der Waals surface area contributed by atoms with Gasteiger partial charge in [0, 0.05) is 5.56 Å². The first-order chi connectivity index (χ1) is 9.67. The molecule has 4 heteroatoms. The number of hydrogen-bond acceptors (Lipinski definition) is 3. The molecule has 1 unspecified atom stereocenters. The quantitative estimate of drug-likeness (QED) is 0.910. The van der Waals surface area contributed by atoms with Crippen LogP contribution in [0.4, 0.5) is 4.39 Å². The molecule has 20 heavy (non-hydrogen) atoms. The number of nitrogens with two attached hydrogens (primary N) is 1. The van der Waals surface area contributed by atoms with Gasteiger partial charge in [-0.15, -0.1) is 0 Å². The van der Waals surface area contributed by atoms with E-state index in [0.29, 0.717) is 12.2 Å². The van der Waals surface area contributed by atoms with Crippen LogP contribution in [0.15, 0.2) is 42.5 Å². The molecule has 3 nitrogen and oxygen atoms in total. The second kappa shape index (κ2) is 6.39. The lowest BCUT2D eigenvalue weighted by atomic mass is 9.99. The van der Waals surface area contributed by atoms with Gasteiger partial charge in [0.2, 0.25) is 0 Å². The van der Waals surface area contributed by atoms with E-state index in [-0.39, 0.29) is 5.75 Å². The van der Waals surface area contributed by atoms with Crippen LogP contribution in [-0.4, -0.2) is 13.7 Å². The highest BCUT2D eigenvalue weighted by atomic mass is 19.1. The van der Waals surface area contributed by atoms with Crippen molar-refractivity contribution >= 4 is 0 Å². The van der Waals surface area contributed by atoms with Crippen LogP contribution in [-0.2, 0) is 0 Å². The van der Waals surface area contributed by atoms with Gasteiger partial charge in [0.05, 0.1) is 19.8 Å². The molecule has 0 aliphatic rings. The average Bonchev–Trinajstić information content (AvgIpc) is 2.48. The van der Waals surface area contributed by atoms with Crippen molar-refractivity contribution in [2.45, 2.75) is 13.0 Å². The minimum atomic E-state index is -0.541. The lowest BCUT2D eigenvalue weighted by Gasteiger charge is -2.15. The third kappa shape index (κ3) is 2.91. The molecule has 1 atom stereocenters. The molecule has 106 valence electrons. The van der Waals surface area contributed by atoms with Crippen LogP contribution >= 0.6 is 0 Å². The monoisotopic (exact) mass is 275 g/mol. The van der Waals surface area contributed by atoms with Gasteiger partial charge >= 0.3 is 0 Å². The summed E-state index contributed by atoms with van der Waals surface area (Å²) in [5.41, 5.74) is 7.36. The van der Waals surface area contributed by atoms with Crippen molar-refractivity contribution in [1.82, 2.24) is 0 Å². The average molecular weight is 275 g/mol. The third-order valence-electron chi connectivity index (χ3n) is 3.10. The minimum Gasteiger partial charge on any atom is -0.494 e.